The van der Waals surface area contributed by atoms with E-state index >= 15 is 0 Å². The zero-order valence-corrected chi connectivity index (χ0v) is 12.9. The fraction of sp³-hybridized carbons (Fsp3) is 0.615. The Hall–Kier alpha value is -1.47. The van der Waals surface area contributed by atoms with Crippen molar-refractivity contribution in [1.29, 1.82) is 0 Å². The van der Waals surface area contributed by atoms with Gasteiger partial charge in [-0.2, -0.15) is 4.98 Å². The molecule has 110 valence electrons. The lowest BCUT2D eigenvalue weighted by atomic mass is 10.0. The second-order valence-corrected chi connectivity index (χ2v) is 5.72. The number of nitrogens with two attached hydrogens (primary N) is 1. The molecule has 6 nitrogen and oxygen atoms in total. The highest BCUT2D eigenvalue weighted by Gasteiger charge is 2.29. The van der Waals surface area contributed by atoms with Crippen LogP contribution in [0, 0.1) is 0 Å². The lowest BCUT2D eigenvalue weighted by molar-refractivity contribution is -0.0106. The summed E-state index contributed by atoms with van der Waals surface area (Å²) in [6.07, 6.45) is 3.29. The molecule has 20 heavy (non-hydrogen) atoms. The first-order valence-corrected chi connectivity index (χ1v) is 7.53. The molecule has 2 aromatic heterocycles. The van der Waals surface area contributed by atoms with E-state index in [-0.39, 0.29) is 0 Å². The zero-order chi connectivity index (χ0) is 14.6. The molecule has 0 aromatic carbocycles. The van der Waals surface area contributed by atoms with Gasteiger partial charge in [0.05, 0.1) is 5.69 Å². The monoisotopic (exact) mass is 296 g/mol. The van der Waals surface area contributed by atoms with Crippen molar-refractivity contribution in [3.8, 4) is 0 Å². The average molecular weight is 296 g/mol. The summed E-state index contributed by atoms with van der Waals surface area (Å²) in [6.45, 7) is 3.99. The van der Waals surface area contributed by atoms with Crippen LogP contribution in [0.5, 0.6) is 0 Å². The average Bonchev–Trinajstić information content (AvgIpc) is 3.08. The number of anilines is 1. The first-order chi connectivity index (χ1) is 9.57. The van der Waals surface area contributed by atoms with Gasteiger partial charge < -0.3 is 15.0 Å². The SMILES string of the molecule is CCC(C)(OC)c1noc(CCCc2csc(N)n2)n1. The van der Waals surface area contributed by atoms with Crippen molar-refractivity contribution >= 4 is 16.5 Å². The quantitative estimate of drug-likeness (QED) is 0.845. The fourth-order valence-electron chi connectivity index (χ4n) is 1.82. The van der Waals surface area contributed by atoms with Crippen molar-refractivity contribution in [2.75, 3.05) is 12.8 Å². The van der Waals surface area contributed by atoms with E-state index in [1.54, 1.807) is 7.11 Å². The van der Waals surface area contributed by atoms with Gasteiger partial charge in [-0.15, -0.1) is 11.3 Å². The van der Waals surface area contributed by atoms with Gasteiger partial charge >= 0.3 is 0 Å². The van der Waals surface area contributed by atoms with Crippen LogP contribution in [0.25, 0.3) is 0 Å². The van der Waals surface area contributed by atoms with E-state index in [1.165, 1.54) is 11.3 Å². The first-order valence-electron chi connectivity index (χ1n) is 6.65. The maximum Gasteiger partial charge on any atom is 0.226 e. The van der Waals surface area contributed by atoms with Crippen molar-refractivity contribution in [3.63, 3.8) is 0 Å². The third-order valence-electron chi connectivity index (χ3n) is 3.46. The summed E-state index contributed by atoms with van der Waals surface area (Å²) in [7, 11) is 1.66. The van der Waals surface area contributed by atoms with Gasteiger partial charge in [-0.05, 0) is 26.2 Å². The van der Waals surface area contributed by atoms with Crippen molar-refractivity contribution in [1.82, 2.24) is 15.1 Å². The third kappa shape index (κ3) is 3.34. The number of thiazole rings is 1. The van der Waals surface area contributed by atoms with Gasteiger partial charge in [0.2, 0.25) is 11.7 Å². The Kier molecular flexibility index (Phi) is 4.72. The number of ether oxygens (including phenoxy) is 1. The molecular formula is C13H20N4O2S. The highest BCUT2D eigenvalue weighted by atomic mass is 32.1. The molecule has 0 radical (unpaired) electrons. The number of methoxy groups -OCH3 is 1. The van der Waals surface area contributed by atoms with E-state index in [4.69, 9.17) is 15.0 Å². The molecule has 0 spiro atoms. The van der Waals surface area contributed by atoms with Crippen LogP contribution in [-0.2, 0) is 23.2 Å². The molecule has 0 aliphatic heterocycles. The normalized spacial score (nSPS) is 14.3. The highest BCUT2D eigenvalue weighted by Crippen LogP contribution is 2.25. The minimum absolute atomic E-state index is 0.481. The standard InChI is InChI=1S/C13H20N4O2S/c1-4-13(2,18-3)11-16-10(19-17-11)7-5-6-9-8-20-12(14)15-9/h8H,4-7H2,1-3H3,(H2,14,15). The van der Waals surface area contributed by atoms with Gasteiger partial charge in [-0.25, -0.2) is 4.98 Å². The second-order valence-electron chi connectivity index (χ2n) is 4.83. The number of hydrogen-bond donors (Lipinski definition) is 1. The van der Waals surface area contributed by atoms with E-state index in [0.717, 1.165) is 31.4 Å². The van der Waals surface area contributed by atoms with Crippen molar-refractivity contribution in [3.05, 3.63) is 22.8 Å². The maximum absolute atomic E-state index is 5.60. The Morgan fingerprint density at radius 2 is 2.20 bits per heavy atom. The van der Waals surface area contributed by atoms with Crippen LogP contribution < -0.4 is 5.73 Å². The van der Waals surface area contributed by atoms with Crippen LogP contribution in [0.2, 0.25) is 0 Å². The van der Waals surface area contributed by atoms with Gasteiger partial charge in [0, 0.05) is 18.9 Å². The van der Waals surface area contributed by atoms with Crippen molar-refractivity contribution in [2.45, 2.75) is 45.1 Å². The molecule has 0 saturated carbocycles. The summed E-state index contributed by atoms with van der Waals surface area (Å²) in [4.78, 5) is 8.64. The van der Waals surface area contributed by atoms with Crippen molar-refractivity contribution < 1.29 is 9.26 Å². The number of aryl methyl sites for hydroxylation is 2. The molecule has 7 heteroatoms. The summed E-state index contributed by atoms with van der Waals surface area (Å²) >= 11 is 1.46. The Labute approximate surface area is 122 Å². The fourth-order valence-corrected chi connectivity index (χ4v) is 2.42. The van der Waals surface area contributed by atoms with Crippen LogP contribution in [0.1, 0.15) is 44.1 Å². The summed E-state index contributed by atoms with van der Waals surface area (Å²) < 4.78 is 10.7. The Morgan fingerprint density at radius 3 is 2.80 bits per heavy atom. The molecule has 0 bridgehead atoms. The van der Waals surface area contributed by atoms with Crippen LogP contribution in [0.3, 0.4) is 0 Å². The predicted molar refractivity (Wildman–Crippen MR) is 77.5 cm³/mol. The number of aromatic nitrogens is 3. The molecule has 2 heterocycles. The van der Waals surface area contributed by atoms with Crippen LogP contribution in [0.4, 0.5) is 5.13 Å². The van der Waals surface area contributed by atoms with Crippen LogP contribution in [0.15, 0.2) is 9.90 Å². The Bertz CT molecular complexity index is 548. The lowest BCUT2D eigenvalue weighted by Gasteiger charge is -2.21. The van der Waals surface area contributed by atoms with Gasteiger partial charge in [0.1, 0.15) is 5.60 Å². The van der Waals surface area contributed by atoms with Gasteiger partial charge in [0.15, 0.2) is 5.13 Å². The van der Waals surface area contributed by atoms with Gasteiger partial charge in [0.25, 0.3) is 0 Å². The van der Waals surface area contributed by atoms with Gasteiger partial charge in [-0.3, -0.25) is 0 Å². The van der Waals surface area contributed by atoms with E-state index in [0.29, 0.717) is 16.8 Å². The number of rotatable bonds is 7. The van der Waals surface area contributed by atoms with E-state index in [1.807, 2.05) is 19.2 Å². The Balaban J connectivity index is 1.90. The minimum atomic E-state index is -0.481. The predicted octanol–water partition coefficient (Wildman–Crippen LogP) is 2.56. The molecule has 0 aliphatic rings. The Morgan fingerprint density at radius 1 is 1.40 bits per heavy atom. The molecule has 0 fully saturated rings. The summed E-state index contributed by atoms with van der Waals surface area (Å²) in [5.74, 6) is 1.25. The second kappa shape index (κ2) is 6.32. The molecule has 2 aromatic rings. The molecule has 0 amide bonds. The minimum Gasteiger partial charge on any atom is -0.375 e. The molecule has 1 unspecified atom stereocenters. The zero-order valence-electron chi connectivity index (χ0n) is 12.0. The molecule has 0 saturated heterocycles. The van der Waals surface area contributed by atoms with Crippen LogP contribution in [-0.4, -0.2) is 22.2 Å². The van der Waals surface area contributed by atoms with Crippen LogP contribution >= 0.6 is 11.3 Å². The lowest BCUT2D eigenvalue weighted by Crippen LogP contribution is -2.24. The summed E-state index contributed by atoms with van der Waals surface area (Å²) in [5, 5.41) is 6.60. The third-order valence-corrected chi connectivity index (χ3v) is 4.18. The number of hydrogen-bond acceptors (Lipinski definition) is 7. The largest absolute Gasteiger partial charge is 0.375 e. The smallest absolute Gasteiger partial charge is 0.226 e. The topological polar surface area (TPSA) is 87.1 Å². The molecular weight excluding hydrogens is 276 g/mol. The molecule has 0 aliphatic carbocycles. The highest BCUT2D eigenvalue weighted by molar-refractivity contribution is 7.13. The summed E-state index contributed by atoms with van der Waals surface area (Å²) in [6, 6.07) is 0. The molecule has 1 atom stereocenters. The number of nitrogen functional groups attached to an aromatic ring is 1. The van der Waals surface area contributed by atoms with E-state index in [2.05, 4.69) is 15.1 Å². The molecule has 2 N–H and O–H groups in total. The van der Waals surface area contributed by atoms with E-state index in [9.17, 15) is 0 Å². The number of nitrogens with zero attached hydrogens (tertiary/aromatic N) is 3. The first kappa shape index (κ1) is 14.9. The molecule has 2 rings (SSSR count). The summed E-state index contributed by atoms with van der Waals surface area (Å²) in [5.41, 5.74) is 6.13. The van der Waals surface area contributed by atoms with E-state index < -0.39 is 5.60 Å². The van der Waals surface area contributed by atoms with Gasteiger partial charge in [-0.1, -0.05) is 12.1 Å². The van der Waals surface area contributed by atoms with Crippen molar-refractivity contribution in [2.24, 2.45) is 0 Å². The maximum atomic E-state index is 5.60.